The second-order valence-electron chi connectivity index (χ2n) is 8.63. The van der Waals surface area contributed by atoms with Crippen LogP contribution in [0.4, 0.5) is 10.2 Å². The largest absolute Gasteiger partial charge is 0.392 e. The molecule has 1 aliphatic rings. The zero-order chi connectivity index (χ0) is 24.7. The van der Waals surface area contributed by atoms with Crippen molar-refractivity contribution in [3.63, 3.8) is 0 Å². The first-order chi connectivity index (χ1) is 16.9. The molecule has 4 N–H and O–H groups in total. The van der Waals surface area contributed by atoms with Crippen molar-refractivity contribution in [2.24, 2.45) is 0 Å². The fourth-order valence-electron chi connectivity index (χ4n) is 4.35. The summed E-state index contributed by atoms with van der Waals surface area (Å²) in [5.74, 6) is 0.181. The number of aromatic nitrogens is 4. The molecule has 4 heterocycles. The molecule has 5 rings (SSSR count). The highest BCUT2D eigenvalue weighted by atomic mass is 79.9. The molecule has 1 aliphatic heterocycles. The Balaban J connectivity index is 1.57. The van der Waals surface area contributed by atoms with E-state index in [0.717, 1.165) is 11.1 Å². The summed E-state index contributed by atoms with van der Waals surface area (Å²) in [4.78, 5) is 22.1. The van der Waals surface area contributed by atoms with Crippen LogP contribution >= 0.6 is 15.9 Å². The predicted molar refractivity (Wildman–Crippen MR) is 135 cm³/mol. The van der Waals surface area contributed by atoms with Crippen LogP contribution in [0.25, 0.3) is 27.7 Å². The van der Waals surface area contributed by atoms with Crippen molar-refractivity contribution in [1.82, 2.24) is 30.2 Å². The van der Waals surface area contributed by atoms with Crippen LogP contribution in [0.1, 0.15) is 32.0 Å². The van der Waals surface area contributed by atoms with Gasteiger partial charge in [0.05, 0.1) is 40.1 Å². The van der Waals surface area contributed by atoms with Crippen molar-refractivity contribution in [2.75, 3.05) is 18.4 Å². The highest BCUT2D eigenvalue weighted by Crippen LogP contribution is 2.34. The van der Waals surface area contributed by atoms with Crippen molar-refractivity contribution in [2.45, 2.75) is 38.5 Å². The second kappa shape index (κ2) is 9.48. The van der Waals surface area contributed by atoms with Crippen LogP contribution in [0.5, 0.6) is 0 Å². The van der Waals surface area contributed by atoms with Gasteiger partial charge in [-0.05, 0) is 60.5 Å². The molecule has 3 atom stereocenters. The van der Waals surface area contributed by atoms with E-state index in [1.165, 1.54) is 12.1 Å². The molecule has 0 radical (unpaired) electrons. The molecule has 1 fully saturated rings. The first kappa shape index (κ1) is 23.6. The molecular weight excluding hydrogens is 517 g/mol. The minimum Gasteiger partial charge on any atom is -0.392 e. The topological polar surface area (TPSA) is 116 Å². The zero-order valence-corrected chi connectivity index (χ0v) is 20.8. The normalized spacial score (nSPS) is 18.8. The Morgan fingerprint density at radius 3 is 2.94 bits per heavy atom. The number of rotatable bonds is 6. The van der Waals surface area contributed by atoms with Gasteiger partial charge in [0.15, 0.2) is 5.65 Å². The van der Waals surface area contributed by atoms with E-state index >= 15 is 0 Å². The smallest absolute Gasteiger partial charge is 0.237 e. The number of hydrogen-bond acceptors (Lipinski definition) is 7. The summed E-state index contributed by atoms with van der Waals surface area (Å²) in [5.41, 5.74) is 3.38. The van der Waals surface area contributed by atoms with Crippen molar-refractivity contribution in [3.8, 4) is 11.1 Å². The van der Waals surface area contributed by atoms with Gasteiger partial charge in [0.25, 0.3) is 0 Å². The molecule has 182 valence electrons. The SMILES string of the molecule is CCNc1c(Br)c(C(C)NC(=O)C2CC(O)CN2)nc2c(-c3cnc4ccc(F)cc4c3)cnn12. The molecule has 1 aromatic carbocycles. The number of benzene rings is 1. The number of β-amino-alcohol motifs (C(OH)–C–C–N with tert-alkyl or cyclic N) is 1. The maximum Gasteiger partial charge on any atom is 0.237 e. The number of aliphatic hydroxyl groups is 1. The van der Waals surface area contributed by atoms with Crippen LogP contribution in [0.2, 0.25) is 0 Å². The van der Waals surface area contributed by atoms with Gasteiger partial charge in [-0.15, -0.1) is 0 Å². The lowest BCUT2D eigenvalue weighted by molar-refractivity contribution is -0.123. The van der Waals surface area contributed by atoms with E-state index in [9.17, 15) is 14.3 Å². The van der Waals surface area contributed by atoms with Gasteiger partial charge >= 0.3 is 0 Å². The summed E-state index contributed by atoms with van der Waals surface area (Å²) >= 11 is 3.65. The molecule has 3 aromatic heterocycles. The van der Waals surface area contributed by atoms with Gasteiger partial charge in [0, 0.05) is 35.8 Å². The zero-order valence-electron chi connectivity index (χ0n) is 19.2. The van der Waals surface area contributed by atoms with E-state index in [4.69, 9.17) is 4.98 Å². The lowest BCUT2D eigenvalue weighted by Gasteiger charge is -2.20. The summed E-state index contributed by atoms with van der Waals surface area (Å²) in [6.45, 7) is 4.88. The number of carbonyl (C=O) groups excluding carboxylic acids is 1. The summed E-state index contributed by atoms with van der Waals surface area (Å²) < 4.78 is 16.2. The number of aliphatic hydroxyl groups excluding tert-OH is 1. The van der Waals surface area contributed by atoms with Crippen molar-refractivity contribution >= 4 is 44.2 Å². The molecule has 1 amide bonds. The van der Waals surface area contributed by atoms with Gasteiger partial charge in [0.2, 0.25) is 5.91 Å². The third-order valence-corrected chi connectivity index (χ3v) is 6.89. The predicted octanol–water partition coefficient (Wildman–Crippen LogP) is 3.18. The van der Waals surface area contributed by atoms with E-state index in [-0.39, 0.29) is 11.7 Å². The molecule has 0 saturated carbocycles. The van der Waals surface area contributed by atoms with Gasteiger partial charge in [0.1, 0.15) is 11.6 Å². The number of anilines is 1. The fraction of sp³-hybridized carbons (Fsp3) is 0.333. The number of halogens is 2. The fourth-order valence-corrected chi connectivity index (χ4v) is 5.09. The van der Waals surface area contributed by atoms with Crippen LogP contribution < -0.4 is 16.0 Å². The number of hydrogen-bond donors (Lipinski definition) is 4. The molecular formula is C24H25BrFN7O2. The Hall–Kier alpha value is -3.15. The number of fused-ring (bicyclic) bond motifs is 2. The van der Waals surface area contributed by atoms with Crippen molar-refractivity contribution in [3.05, 3.63) is 52.6 Å². The maximum absolute atomic E-state index is 13.8. The quantitative estimate of drug-likeness (QED) is 0.296. The Morgan fingerprint density at radius 2 is 2.20 bits per heavy atom. The van der Waals surface area contributed by atoms with Gasteiger partial charge in [-0.2, -0.15) is 9.61 Å². The van der Waals surface area contributed by atoms with Crippen LogP contribution in [-0.2, 0) is 4.79 Å². The molecule has 0 aliphatic carbocycles. The third kappa shape index (κ3) is 4.46. The highest BCUT2D eigenvalue weighted by molar-refractivity contribution is 9.10. The Morgan fingerprint density at radius 1 is 1.37 bits per heavy atom. The third-order valence-electron chi connectivity index (χ3n) is 6.11. The number of nitrogens with zero attached hydrogens (tertiary/aromatic N) is 4. The van der Waals surface area contributed by atoms with E-state index in [0.29, 0.717) is 52.0 Å². The number of carbonyl (C=O) groups is 1. The minimum atomic E-state index is -0.527. The van der Waals surface area contributed by atoms with E-state index < -0.39 is 18.2 Å². The van der Waals surface area contributed by atoms with E-state index in [1.807, 2.05) is 19.9 Å². The lowest BCUT2D eigenvalue weighted by atomic mass is 10.1. The van der Waals surface area contributed by atoms with E-state index in [2.05, 4.69) is 42.0 Å². The summed E-state index contributed by atoms with van der Waals surface area (Å²) in [6, 6.07) is 5.46. The molecule has 4 aromatic rings. The monoisotopic (exact) mass is 541 g/mol. The standard InChI is InChI=1S/C24H25BrFN7O2/c1-3-27-23-20(25)21(12(2)31-24(35)19-8-16(34)10-29-19)32-22-17(11-30-33(22)23)14-6-13-7-15(26)4-5-18(13)28-9-14/h4-7,9,11-12,16,19,27,29,34H,3,8,10H2,1-2H3,(H,31,35). The molecule has 0 bridgehead atoms. The average molecular weight is 542 g/mol. The minimum absolute atomic E-state index is 0.192. The number of pyridine rings is 1. The second-order valence-corrected chi connectivity index (χ2v) is 9.42. The Bertz CT molecular complexity index is 1430. The number of nitrogens with one attached hydrogen (secondary N) is 3. The maximum atomic E-state index is 13.8. The van der Waals surface area contributed by atoms with Crippen molar-refractivity contribution in [1.29, 1.82) is 0 Å². The molecule has 35 heavy (non-hydrogen) atoms. The Kier molecular flexibility index (Phi) is 6.39. The number of amides is 1. The van der Waals surface area contributed by atoms with E-state index in [1.54, 1.807) is 23.0 Å². The first-order valence-electron chi connectivity index (χ1n) is 11.4. The molecule has 11 heteroatoms. The van der Waals surface area contributed by atoms with Gasteiger partial charge in [-0.1, -0.05) is 0 Å². The van der Waals surface area contributed by atoms with Crippen LogP contribution in [0.15, 0.2) is 41.1 Å². The van der Waals surface area contributed by atoms with Crippen molar-refractivity contribution < 1.29 is 14.3 Å². The molecule has 9 nitrogen and oxygen atoms in total. The molecule has 3 unspecified atom stereocenters. The summed E-state index contributed by atoms with van der Waals surface area (Å²) in [6.07, 6.45) is 3.27. The van der Waals surface area contributed by atoms with Gasteiger partial charge < -0.3 is 21.1 Å². The summed E-state index contributed by atoms with van der Waals surface area (Å²) in [7, 11) is 0. The Labute approximate surface area is 209 Å². The lowest BCUT2D eigenvalue weighted by Crippen LogP contribution is -2.41. The van der Waals surface area contributed by atoms with Crippen LogP contribution in [0, 0.1) is 5.82 Å². The highest BCUT2D eigenvalue weighted by Gasteiger charge is 2.30. The molecule has 0 spiro atoms. The van der Waals surface area contributed by atoms with Gasteiger partial charge in [-0.25, -0.2) is 9.37 Å². The summed E-state index contributed by atoms with van der Waals surface area (Å²) in [5, 5.41) is 24.3. The van der Waals surface area contributed by atoms with Crippen LogP contribution in [-0.4, -0.2) is 55.8 Å². The average Bonchev–Trinajstić information content (AvgIpc) is 3.46. The van der Waals surface area contributed by atoms with Gasteiger partial charge in [-0.3, -0.25) is 9.78 Å². The van der Waals surface area contributed by atoms with Crippen LogP contribution in [0.3, 0.4) is 0 Å². The first-order valence-corrected chi connectivity index (χ1v) is 12.2. The molecule has 1 saturated heterocycles.